The van der Waals surface area contributed by atoms with Crippen LogP contribution in [0.15, 0.2) is 91.1 Å². The molecule has 3 aromatic carbocycles. The van der Waals surface area contributed by atoms with Crippen LogP contribution < -0.4 is 9.47 Å². The van der Waals surface area contributed by atoms with Crippen molar-refractivity contribution in [2.45, 2.75) is 6.42 Å². The Morgan fingerprint density at radius 2 is 1.58 bits per heavy atom. The van der Waals surface area contributed by atoms with Gasteiger partial charge < -0.3 is 9.47 Å². The molecule has 128 valence electrons. The summed E-state index contributed by atoms with van der Waals surface area (Å²) in [4.78, 5) is 4.32. The number of aromatic nitrogens is 1. The summed E-state index contributed by atoms with van der Waals surface area (Å²) in [7, 11) is 0. The summed E-state index contributed by atoms with van der Waals surface area (Å²) in [6.45, 7) is 0.612. The highest BCUT2D eigenvalue weighted by Gasteiger charge is 2.01. The molecule has 0 bridgehead atoms. The van der Waals surface area contributed by atoms with Crippen LogP contribution in [-0.4, -0.2) is 11.6 Å². The van der Waals surface area contributed by atoms with Crippen molar-refractivity contribution in [3.05, 3.63) is 96.7 Å². The van der Waals surface area contributed by atoms with Crippen LogP contribution in [0.25, 0.3) is 10.9 Å². The van der Waals surface area contributed by atoms with Gasteiger partial charge in [-0.15, -0.1) is 0 Å². The monoisotopic (exact) mass is 341 g/mol. The van der Waals surface area contributed by atoms with Crippen LogP contribution in [0.2, 0.25) is 0 Å². The summed E-state index contributed by atoms with van der Waals surface area (Å²) in [6, 6.07) is 27.9. The molecule has 0 unspecified atom stereocenters. The minimum Gasteiger partial charge on any atom is -0.493 e. The van der Waals surface area contributed by atoms with Gasteiger partial charge in [-0.25, -0.2) is 0 Å². The van der Waals surface area contributed by atoms with Gasteiger partial charge in [-0.05, 0) is 54.1 Å². The predicted molar refractivity (Wildman–Crippen MR) is 104 cm³/mol. The number of hydrogen-bond acceptors (Lipinski definition) is 3. The van der Waals surface area contributed by atoms with Crippen molar-refractivity contribution in [2.75, 3.05) is 6.61 Å². The van der Waals surface area contributed by atoms with E-state index in [9.17, 15) is 0 Å². The molecule has 4 rings (SSSR count). The van der Waals surface area contributed by atoms with E-state index in [0.29, 0.717) is 6.61 Å². The molecule has 0 N–H and O–H groups in total. The van der Waals surface area contributed by atoms with E-state index >= 15 is 0 Å². The third-order valence-corrected chi connectivity index (χ3v) is 4.11. The van der Waals surface area contributed by atoms with Crippen LogP contribution in [0.1, 0.15) is 5.56 Å². The van der Waals surface area contributed by atoms with Gasteiger partial charge in [-0.3, -0.25) is 4.98 Å². The average Bonchev–Trinajstić information content (AvgIpc) is 2.69. The van der Waals surface area contributed by atoms with Crippen LogP contribution >= 0.6 is 0 Å². The summed E-state index contributed by atoms with van der Waals surface area (Å²) in [6.07, 6.45) is 2.62. The summed E-state index contributed by atoms with van der Waals surface area (Å²) in [5.74, 6) is 2.54. The molecular formula is C23H19NO2. The zero-order valence-corrected chi connectivity index (χ0v) is 14.3. The molecule has 4 aromatic rings. The fourth-order valence-electron chi connectivity index (χ4n) is 2.82. The topological polar surface area (TPSA) is 31.4 Å². The van der Waals surface area contributed by atoms with Gasteiger partial charge in [0, 0.05) is 18.0 Å². The fraction of sp³-hybridized carbons (Fsp3) is 0.0870. The highest BCUT2D eigenvalue weighted by atomic mass is 16.5. The Labute approximate surface area is 152 Å². The van der Waals surface area contributed by atoms with Crippen molar-refractivity contribution in [3.8, 4) is 17.2 Å². The Bertz CT molecular complexity index is 999. The molecule has 0 atom stereocenters. The van der Waals surface area contributed by atoms with Crippen molar-refractivity contribution < 1.29 is 9.47 Å². The van der Waals surface area contributed by atoms with E-state index < -0.39 is 0 Å². The van der Waals surface area contributed by atoms with Crippen LogP contribution in [-0.2, 0) is 6.42 Å². The van der Waals surface area contributed by atoms with Gasteiger partial charge in [0.1, 0.15) is 17.2 Å². The third-order valence-electron chi connectivity index (χ3n) is 4.11. The molecule has 1 aromatic heterocycles. The first-order valence-corrected chi connectivity index (χ1v) is 8.66. The molecule has 0 saturated heterocycles. The lowest BCUT2D eigenvalue weighted by Crippen LogP contribution is -2.01. The van der Waals surface area contributed by atoms with Crippen molar-refractivity contribution in [1.82, 2.24) is 4.98 Å². The molecule has 0 aliphatic heterocycles. The molecule has 3 nitrogen and oxygen atoms in total. The molecule has 3 heteroatoms. The Morgan fingerprint density at radius 3 is 2.50 bits per heavy atom. The van der Waals surface area contributed by atoms with Crippen LogP contribution in [0.5, 0.6) is 17.2 Å². The van der Waals surface area contributed by atoms with Crippen LogP contribution in [0.4, 0.5) is 0 Å². The molecule has 0 aliphatic carbocycles. The Kier molecular flexibility index (Phi) is 4.79. The minimum absolute atomic E-state index is 0.612. The van der Waals surface area contributed by atoms with E-state index in [1.165, 1.54) is 5.56 Å². The second-order valence-corrected chi connectivity index (χ2v) is 6.02. The average molecular weight is 341 g/mol. The Hall–Kier alpha value is -3.33. The molecule has 26 heavy (non-hydrogen) atoms. The third kappa shape index (κ3) is 4.01. The fourth-order valence-corrected chi connectivity index (χ4v) is 2.82. The minimum atomic E-state index is 0.612. The number of rotatable bonds is 6. The summed E-state index contributed by atoms with van der Waals surface area (Å²) < 4.78 is 11.8. The molecule has 0 fully saturated rings. The van der Waals surface area contributed by atoms with Gasteiger partial charge in [-0.2, -0.15) is 0 Å². The van der Waals surface area contributed by atoms with Gasteiger partial charge in [0.15, 0.2) is 0 Å². The first-order chi connectivity index (χ1) is 12.9. The molecule has 0 radical (unpaired) electrons. The predicted octanol–water partition coefficient (Wildman–Crippen LogP) is 5.65. The second kappa shape index (κ2) is 7.70. The lowest BCUT2D eigenvalue weighted by molar-refractivity contribution is 0.322. The van der Waals surface area contributed by atoms with Crippen LogP contribution in [0.3, 0.4) is 0 Å². The maximum absolute atomic E-state index is 5.91. The number of ether oxygens (including phenoxy) is 2. The zero-order chi connectivity index (χ0) is 17.6. The quantitative estimate of drug-likeness (QED) is 0.454. The largest absolute Gasteiger partial charge is 0.493 e. The standard InChI is InChI=1S/C23H19NO2/c1-2-8-20(9-3-1)26-22-10-4-6-18(16-22)13-15-25-21-11-12-23-19(17-21)7-5-14-24-23/h1-12,14,16-17H,13,15H2. The van der Waals surface area contributed by atoms with E-state index in [0.717, 1.165) is 34.6 Å². The van der Waals surface area contributed by atoms with Gasteiger partial charge in [-0.1, -0.05) is 36.4 Å². The Morgan fingerprint density at radius 1 is 0.692 bits per heavy atom. The maximum Gasteiger partial charge on any atom is 0.127 e. The molecule has 0 saturated carbocycles. The van der Waals surface area contributed by atoms with Crippen molar-refractivity contribution in [3.63, 3.8) is 0 Å². The van der Waals surface area contributed by atoms with E-state index in [4.69, 9.17) is 9.47 Å². The smallest absolute Gasteiger partial charge is 0.127 e. The maximum atomic E-state index is 5.91. The highest BCUT2D eigenvalue weighted by molar-refractivity contribution is 5.79. The molecule has 0 amide bonds. The SMILES string of the molecule is c1ccc(Oc2cccc(CCOc3ccc4ncccc4c3)c2)cc1. The number of benzene rings is 3. The highest BCUT2D eigenvalue weighted by Crippen LogP contribution is 2.23. The lowest BCUT2D eigenvalue weighted by Gasteiger charge is -2.09. The summed E-state index contributed by atoms with van der Waals surface area (Å²) >= 11 is 0. The van der Waals surface area contributed by atoms with E-state index in [1.807, 2.05) is 72.8 Å². The first kappa shape index (κ1) is 16.2. The molecule has 1 heterocycles. The first-order valence-electron chi connectivity index (χ1n) is 8.66. The van der Waals surface area contributed by atoms with Gasteiger partial charge >= 0.3 is 0 Å². The Balaban J connectivity index is 1.37. The number of fused-ring (bicyclic) bond motifs is 1. The van der Waals surface area contributed by atoms with Crippen molar-refractivity contribution >= 4 is 10.9 Å². The van der Waals surface area contributed by atoms with E-state index in [-0.39, 0.29) is 0 Å². The van der Waals surface area contributed by atoms with Gasteiger partial charge in [0.2, 0.25) is 0 Å². The second-order valence-electron chi connectivity index (χ2n) is 6.02. The zero-order valence-electron chi connectivity index (χ0n) is 14.3. The summed E-state index contributed by atoms with van der Waals surface area (Å²) in [5, 5.41) is 1.09. The number of nitrogens with zero attached hydrogens (tertiary/aromatic N) is 1. The van der Waals surface area contributed by atoms with Crippen molar-refractivity contribution in [2.24, 2.45) is 0 Å². The summed E-state index contributed by atoms with van der Waals surface area (Å²) in [5.41, 5.74) is 2.16. The normalized spacial score (nSPS) is 10.6. The number of para-hydroxylation sites is 1. The lowest BCUT2D eigenvalue weighted by atomic mass is 10.1. The molecular weight excluding hydrogens is 322 g/mol. The van der Waals surface area contributed by atoms with Gasteiger partial charge in [0.25, 0.3) is 0 Å². The van der Waals surface area contributed by atoms with Gasteiger partial charge in [0.05, 0.1) is 12.1 Å². The number of pyridine rings is 1. The van der Waals surface area contributed by atoms with Crippen molar-refractivity contribution in [1.29, 1.82) is 0 Å². The van der Waals surface area contributed by atoms with E-state index in [2.05, 4.69) is 17.1 Å². The molecule has 0 aliphatic rings. The number of hydrogen-bond donors (Lipinski definition) is 0. The van der Waals surface area contributed by atoms with Crippen LogP contribution in [0, 0.1) is 0 Å². The van der Waals surface area contributed by atoms with E-state index in [1.54, 1.807) is 6.20 Å². The molecule has 0 spiro atoms.